The average molecular weight is 363 g/mol. The van der Waals surface area contributed by atoms with Crippen LogP contribution >= 0.6 is 0 Å². The summed E-state index contributed by atoms with van der Waals surface area (Å²) in [5, 5.41) is 11.6. The minimum absolute atomic E-state index is 0.0647. The standard InChI is InChI=1S/C21H25N5O/c27-21(23-14-6-8-17-7-4-5-13-22-17)16-11-12-20-19(15-16)24-25-26(20)18-9-2-1-3-10-18/h4-5,7,11-13,15,18H,1-3,6,8-10,14H2,(H,23,27). The summed E-state index contributed by atoms with van der Waals surface area (Å²) >= 11 is 0. The second-order valence-corrected chi connectivity index (χ2v) is 7.21. The monoisotopic (exact) mass is 363 g/mol. The Bertz CT molecular complexity index is 899. The van der Waals surface area contributed by atoms with Crippen LogP contribution in [0.1, 0.15) is 60.6 Å². The van der Waals surface area contributed by atoms with Crippen LogP contribution < -0.4 is 5.32 Å². The molecule has 4 rings (SSSR count). The van der Waals surface area contributed by atoms with Crippen LogP contribution in [0, 0.1) is 0 Å². The molecule has 1 amide bonds. The van der Waals surface area contributed by atoms with Crippen LogP contribution in [0.3, 0.4) is 0 Å². The molecule has 3 aromatic rings. The Morgan fingerprint density at radius 3 is 2.85 bits per heavy atom. The zero-order chi connectivity index (χ0) is 18.5. The predicted molar refractivity (Wildman–Crippen MR) is 105 cm³/mol. The van der Waals surface area contributed by atoms with Crippen LogP contribution in [0.2, 0.25) is 0 Å². The Balaban J connectivity index is 1.36. The van der Waals surface area contributed by atoms with Gasteiger partial charge < -0.3 is 5.32 Å². The second-order valence-electron chi connectivity index (χ2n) is 7.21. The number of carbonyl (C=O) groups excluding carboxylic acids is 1. The van der Waals surface area contributed by atoms with Crippen molar-refractivity contribution in [2.24, 2.45) is 0 Å². The first kappa shape index (κ1) is 17.6. The molecule has 1 saturated carbocycles. The number of hydrogen-bond acceptors (Lipinski definition) is 4. The Morgan fingerprint density at radius 2 is 2.04 bits per heavy atom. The van der Waals surface area contributed by atoms with Crippen molar-refractivity contribution in [1.29, 1.82) is 0 Å². The minimum atomic E-state index is -0.0647. The summed E-state index contributed by atoms with van der Waals surface area (Å²) in [5.41, 5.74) is 3.50. The molecule has 1 aliphatic carbocycles. The van der Waals surface area contributed by atoms with Gasteiger partial charge in [-0.05, 0) is 56.0 Å². The Morgan fingerprint density at radius 1 is 1.15 bits per heavy atom. The lowest BCUT2D eigenvalue weighted by atomic mass is 9.95. The van der Waals surface area contributed by atoms with Gasteiger partial charge in [0.15, 0.2) is 0 Å². The SMILES string of the molecule is O=C(NCCCc1ccccn1)c1ccc2c(c1)nnn2C1CCCCC1. The van der Waals surface area contributed by atoms with Gasteiger partial charge in [0.25, 0.3) is 5.91 Å². The number of nitrogens with zero attached hydrogens (tertiary/aromatic N) is 4. The molecule has 1 aliphatic rings. The molecule has 0 aliphatic heterocycles. The van der Waals surface area contributed by atoms with E-state index in [9.17, 15) is 4.79 Å². The quantitative estimate of drug-likeness (QED) is 0.678. The fourth-order valence-corrected chi connectivity index (χ4v) is 3.80. The first-order valence-corrected chi connectivity index (χ1v) is 9.84. The van der Waals surface area contributed by atoms with Gasteiger partial charge >= 0.3 is 0 Å². The van der Waals surface area contributed by atoms with Gasteiger partial charge in [-0.3, -0.25) is 9.78 Å². The number of rotatable bonds is 6. The van der Waals surface area contributed by atoms with Gasteiger partial charge in [0.2, 0.25) is 0 Å². The molecule has 1 N–H and O–H groups in total. The van der Waals surface area contributed by atoms with E-state index in [4.69, 9.17) is 0 Å². The highest BCUT2D eigenvalue weighted by atomic mass is 16.1. The van der Waals surface area contributed by atoms with E-state index in [0.29, 0.717) is 18.2 Å². The van der Waals surface area contributed by atoms with Crippen LogP contribution in [0.15, 0.2) is 42.6 Å². The van der Waals surface area contributed by atoms with E-state index in [0.717, 1.165) is 42.4 Å². The van der Waals surface area contributed by atoms with Crippen LogP contribution in [0.25, 0.3) is 11.0 Å². The van der Waals surface area contributed by atoms with Crippen molar-refractivity contribution >= 4 is 16.9 Å². The highest BCUT2D eigenvalue weighted by molar-refractivity contribution is 5.97. The number of benzene rings is 1. The van der Waals surface area contributed by atoms with Gasteiger partial charge in [0, 0.05) is 24.0 Å². The normalized spacial score (nSPS) is 15.1. The summed E-state index contributed by atoms with van der Waals surface area (Å²) in [6.07, 6.45) is 9.67. The van der Waals surface area contributed by atoms with Crippen molar-refractivity contribution in [1.82, 2.24) is 25.3 Å². The van der Waals surface area contributed by atoms with Crippen molar-refractivity contribution in [3.05, 3.63) is 53.9 Å². The molecule has 6 nitrogen and oxygen atoms in total. The van der Waals surface area contributed by atoms with Gasteiger partial charge in [0.1, 0.15) is 5.52 Å². The van der Waals surface area contributed by atoms with Gasteiger partial charge in [-0.1, -0.05) is 30.5 Å². The molecule has 2 aromatic heterocycles. The third-order valence-corrected chi connectivity index (χ3v) is 5.28. The summed E-state index contributed by atoms with van der Waals surface area (Å²) in [6, 6.07) is 12.0. The highest BCUT2D eigenvalue weighted by Crippen LogP contribution is 2.29. The van der Waals surface area contributed by atoms with Crippen molar-refractivity contribution in [2.45, 2.75) is 51.0 Å². The second kappa shape index (κ2) is 8.29. The molecular weight excluding hydrogens is 338 g/mol. The van der Waals surface area contributed by atoms with Crippen molar-refractivity contribution in [2.75, 3.05) is 6.54 Å². The number of hydrogen-bond donors (Lipinski definition) is 1. The third-order valence-electron chi connectivity index (χ3n) is 5.28. The molecule has 1 fully saturated rings. The lowest BCUT2D eigenvalue weighted by molar-refractivity contribution is 0.0953. The van der Waals surface area contributed by atoms with Gasteiger partial charge in [0.05, 0.1) is 11.6 Å². The summed E-state index contributed by atoms with van der Waals surface area (Å²) in [5.74, 6) is -0.0647. The predicted octanol–water partition coefficient (Wildman–Crippen LogP) is 3.69. The lowest BCUT2D eigenvalue weighted by Gasteiger charge is -2.21. The first-order chi connectivity index (χ1) is 13.3. The largest absolute Gasteiger partial charge is 0.352 e. The summed E-state index contributed by atoms with van der Waals surface area (Å²) in [6.45, 7) is 0.627. The molecule has 0 bridgehead atoms. The zero-order valence-electron chi connectivity index (χ0n) is 15.5. The molecule has 0 saturated heterocycles. The van der Waals surface area contributed by atoms with Crippen LogP contribution in [0.5, 0.6) is 0 Å². The molecule has 0 unspecified atom stereocenters. The molecule has 27 heavy (non-hydrogen) atoms. The number of pyridine rings is 1. The lowest BCUT2D eigenvalue weighted by Crippen LogP contribution is -2.24. The number of aromatic nitrogens is 4. The van der Waals surface area contributed by atoms with Crippen LogP contribution in [-0.4, -0.2) is 32.4 Å². The molecule has 2 heterocycles. The number of aryl methyl sites for hydroxylation is 1. The van der Waals surface area contributed by atoms with E-state index in [1.165, 1.54) is 19.3 Å². The molecule has 0 radical (unpaired) electrons. The van der Waals surface area contributed by atoms with E-state index >= 15 is 0 Å². The number of carbonyl (C=O) groups is 1. The number of nitrogens with one attached hydrogen (secondary N) is 1. The molecule has 1 aromatic carbocycles. The molecule has 6 heteroatoms. The van der Waals surface area contributed by atoms with Gasteiger partial charge in [-0.2, -0.15) is 0 Å². The topological polar surface area (TPSA) is 72.7 Å². The Kier molecular flexibility index (Phi) is 5.42. The molecule has 140 valence electrons. The molecule has 0 spiro atoms. The van der Waals surface area contributed by atoms with E-state index < -0.39 is 0 Å². The van der Waals surface area contributed by atoms with E-state index in [1.807, 2.05) is 41.1 Å². The fraction of sp³-hybridized carbons (Fsp3) is 0.429. The van der Waals surface area contributed by atoms with Crippen LogP contribution in [-0.2, 0) is 6.42 Å². The van der Waals surface area contributed by atoms with E-state index in [2.05, 4.69) is 20.6 Å². The highest BCUT2D eigenvalue weighted by Gasteiger charge is 2.19. The summed E-state index contributed by atoms with van der Waals surface area (Å²) < 4.78 is 2.04. The average Bonchev–Trinajstić information content (AvgIpc) is 3.16. The minimum Gasteiger partial charge on any atom is -0.352 e. The smallest absolute Gasteiger partial charge is 0.251 e. The fourth-order valence-electron chi connectivity index (χ4n) is 3.80. The first-order valence-electron chi connectivity index (χ1n) is 9.84. The number of amides is 1. The number of fused-ring (bicyclic) bond motifs is 1. The third kappa shape index (κ3) is 4.15. The van der Waals surface area contributed by atoms with Crippen molar-refractivity contribution < 1.29 is 4.79 Å². The Labute approximate surface area is 159 Å². The molecule has 0 atom stereocenters. The summed E-state index contributed by atoms with van der Waals surface area (Å²) in [4.78, 5) is 16.7. The van der Waals surface area contributed by atoms with Gasteiger partial charge in [-0.25, -0.2) is 4.68 Å². The maximum Gasteiger partial charge on any atom is 0.251 e. The molecular formula is C21H25N5O. The van der Waals surface area contributed by atoms with Gasteiger partial charge in [-0.15, -0.1) is 5.10 Å². The Hall–Kier alpha value is -2.76. The van der Waals surface area contributed by atoms with Crippen molar-refractivity contribution in [3.63, 3.8) is 0 Å². The maximum absolute atomic E-state index is 12.4. The zero-order valence-corrected chi connectivity index (χ0v) is 15.5. The van der Waals surface area contributed by atoms with Crippen molar-refractivity contribution in [3.8, 4) is 0 Å². The van der Waals surface area contributed by atoms with E-state index in [1.54, 1.807) is 6.20 Å². The van der Waals surface area contributed by atoms with Crippen LogP contribution in [0.4, 0.5) is 0 Å². The summed E-state index contributed by atoms with van der Waals surface area (Å²) in [7, 11) is 0. The maximum atomic E-state index is 12.4. The van der Waals surface area contributed by atoms with E-state index in [-0.39, 0.29) is 5.91 Å².